The van der Waals surface area contributed by atoms with Gasteiger partial charge in [0.2, 0.25) is 5.91 Å². The smallest absolute Gasteiger partial charge is 0.227 e. The molecular weight excluding hydrogens is 433 g/mol. The molecule has 164 valence electrons. The second kappa shape index (κ2) is 8.57. The lowest BCUT2D eigenvalue weighted by atomic mass is 9.88. The van der Waals surface area contributed by atoms with Gasteiger partial charge in [-0.25, -0.2) is 9.97 Å². The summed E-state index contributed by atoms with van der Waals surface area (Å²) in [6, 6.07) is 5.70. The predicted octanol–water partition coefficient (Wildman–Crippen LogP) is 3.48. The molecule has 31 heavy (non-hydrogen) atoms. The molecule has 0 unspecified atom stereocenters. The standard InChI is InChI=1S/C23H27Cl2N5O/c1-14-2-5-20-21(14)22(28-13-27-20)29-6-8-30(9-7-29)23(31)17-12-26-11-16(17)15-3-4-18(24)19(25)10-15/h3-4,10,13-14,16-17,26H,2,5-9,11-12H2,1H3/t14-,16+,17+/m1/s1. The number of hydrogen-bond acceptors (Lipinski definition) is 5. The highest BCUT2D eigenvalue weighted by Gasteiger charge is 2.38. The van der Waals surface area contributed by atoms with Gasteiger partial charge in [-0.1, -0.05) is 36.2 Å². The van der Waals surface area contributed by atoms with Gasteiger partial charge >= 0.3 is 0 Å². The number of halogens is 2. The molecule has 3 atom stereocenters. The van der Waals surface area contributed by atoms with Gasteiger partial charge in [0.25, 0.3) is 0 Å². The predicted molar refractivity (Wildman–Crippen MR) is 123 cm³/mol. The van der Waals surface area contributed by atoms with Crippen LogP contribution in [0.4, 0.5) is 5.82 Å². The highest BCUT2D eigenvalue weighted by molar-refractivity contribution is 6.42. The average Bonchev–Trinajstić information content (AvgIpc) is 3.43. The molecule has 3 heterocycles. The van der Waals surface area contributed by atoms with Crippen molar-refractivity contribution in [2.24, 2.45) is 5.92 Å². The van der Waals surface area contributed by atoms with E-state index in [0.717, 1.165) is 56.9 Å². The SMILES string of the molecule is C[C@@H]1CCc2ncnc(N3CCN(C(=O)[C@H]4CNC[C@H]4c4ccc(Cl)c(Cl)c4)CC3)c21. The zero-order valence-corrected chi connectivity index (χ0v) is 19.2. The molecule has 1 aromatic carbocycles. The van der Waals surface area contributed by atoms with Gasteiger partial charge in [-0.2, -0.15) is 0 Å². The van der Waals surface area contributed by atoms with Crippen molar-refractivity contribution in [3.05, 3.63) is 51.4 Å². The lowest BCUT2D eigenvalue weighted by molar-refractivity contribution is -0.135. The number of piperazine rings is 1. The van der Waals surface area contributed by atoms with Gasteiger partial charge in [0.1, 0.15) is 12.1 Å². The van der Waals surface area contributed by atoms with Gasteiger partial charge < -0.3 is 15.1 Å². The zero-order chi connectivity index (χ0) is 21.5. The summed E-state index contributed by atoms with van der Waals surface area (Å²) in [5.74, 6) is 1.83. The Balaban J connectivity index is 1.27. The number of anilines is 1. The van der Waals surface area contributed by atoms with E-state index < -0.39 is 0 Å². The van der Waals surface area contributed by atoms with E-state index in [-0.39, 0.29) is 17.7 Å². The van der Waals surface area contributed by atoms with E-state index in [4.69, 9.17) is 23.2 Å². The van der Waals surface area contributed by atoms with E-state index in [1.807, 2.05) is 23.1 Å². The minimum absolute atomic E-state index is 0.0767. The molecule has 8 heteroatoms. The number of aromatic nitrogens is 2. The first-order valence-electron chi connectivity index (χ1n) is 11.1. The van der Waals surface area contributed by atoms with Crippen molar-refractivity contribution in [2.45, 2.75) is 31.6 Å². The molecule has 6 nitrogen and oxygen atoms in total. The first-order valence-corrected chi connectivity index (χ1v) is 11.8. The van der Waals surface area contributed by atoms with Gasteiger partial charge in [-0.05, 0) is 36.5 Å². The monoisotopic (exact) mass is 459 g/mol. The van der Waals surface area contributed by atoms with Gasteiger partial charge in [-0.15, -0.1) is 0 Å². The second-order valence-corrected chi connectivity index (χ2v) is 9.67. The fourth-order valence-electron chi connectivity index (χ4n) is 5.28. The lowest BCUT2D eigenvalue weighted by Gasteiger charge is -2.38. The summed E-state index contributed by atoms with van der Waals surface area (Å²) in [6.07, 6.45) is 3.87. The zero-order valence-electron chi connectivity index (χ0n) is 17.7. The molecule has 3 aliphatic rings. The van der Waals surface area contributed by atoms with Gasteiger partial charge in [-0.3, -0.25) is 4.79 Å². The Hall–Kier alpha value is -1.89. The molecule has 2 aromatic rings. The number of benzene rings is 1. The van der Waals surface area contributed by atoms with Crippen LogP contribution in [0.3, 0.4) is 0 Å². The van der Waals surface area contributed by atoms with Crippen LogP contribution in [-0.4, -0.2) is 60.0 Å². The van der Waals surface area contributed by atoms with Crippen LogP contribution < -0.4 is 10.2 Å². The van der Waals surface area contributed by atoms with Gasteiger partial charge in [0.05, 0.1) is 16.0 Å². The summed E-state index contributed by atoms with van der Waals surface area (Å²) in [7, 11) is 0. The number of rotatable bonds is 3. The molecule has 5 rings (SSSR count). The summed E-state index contributed by atoms with van der Waals surface area (Å²) in [5.41, 5.74) is 3.57. The van der Waals surface area contributed by atoms with Gasteiger partial charge in [0, 0.05) is 56.4 Å². The van der Waals surface area contributed by atoms with Crippen molar-refractivity contribution in [3.8, 4) is 0 Å². The number of nitrogens with one attached hydrogen (secondary N) is 1. The molecular formula is C23H27Cl2N5O. The number of carbonyl (C=O) groups is 1. The Labute approximate surface area is 192 Å². The van der Waals surface area contributed by atoms with Crippen LogP contribution in [0.2, 0.25) is 10.0 Å². The van der Waals surface area contributed by atoms with E-state index >= 15 is 0 Å². The maximum atomic E-state index is 13.4. The Morgan fingerprint density at radius 1 is 1.10 bits per heavy atom. The summed E-state index contributed by atoms with van der Waals surface area (Å²) >= 11 is 12.3. The quantitative estimate of drug-likeness (QED) is 0.760. The highest BCUT2D eigenvalue weighted by Crippen LogP contribution is 2.38. The molecule has 1 aliphatic carbocycles. The fourth-order valence-corrected chi connectivity index (χ4v) is 5.59. The molecule has 0 spiro atoms. The Bertz CT molecular complexity index is 992. The van der Waals surface area contributed by atoms with Crippen LogP contribution in [0.5, 0.6) is 0 Å². The molecule has 0 bridgehead atoms. The third kappa shape index (κ3) is 3.90. The molecule has 1 aromatic heterocycles. The summed E-state index contributed by atoms with van der Waals surface area (Å²) < 4.78 is 0. The van der Waals surface area contributed by atoms with E-state index in [0.29, 0.717) is 22.5 Å². The Morgan fingerprint density at radius 2 is 1.90 bits per heavy atom. The molecule has 2 aliphatic heterocycles. The van der Waals surface area contributed by atoms with Crippen molar-refractivity contribution in [3.63, 3.8) is 0 Å². The third-order valence-electron chi connectivity index (χ3n) is 7.05. The van der Waals surface area contributed by atoms with Crippen LogP contribution in [0.15, 0.2) is 24.5 Å². The number of hydrogen-bond donors (Lipinski definition) is 1. The van der Waals surface area contributed by atoms with Crippen molar-refractivity contribution >= 4 is 34.9 Å². The van der Waals surface area contributed by atoms with Crippen LogP contribution in [-0.2, 0) is 11.2 Å². The number of fused-ring (bicyclic) bond motifs is 1. The highest BCUT2D eigenvalue weighted by atomic mass is 35.5. The van der Waals surface area contributed by atoms with Crippen molar-refractivity contribution in [1.29, 1.82) is 0 Å². The largest absolute Gasteiger partial charge is 0.353 e. The third-order valence-corrected chi connectivity index (χ3v) is 7.79. The average molecular weight is 460 g/mol. The topological polar surface area (TPSA) is 61.4 Å². The fraction of sp³-hybridized carbons (Fsp3) is 0.522. The first-order chi connectivity index (χ1) is 15.0. The van der Waals surface area contributed by atoms with E-state index in [1.54, 1.807) is 6.33 Å². The molecule has 0 saturated carbocycles. The van der Waals surface area contributed by atoms with Crippen molar-refractivity contribution in [1.82, 2.24) is 20.2 Å². The minimum atomic E-state index is -0.0767. The van der Waals surface area contributed by atoms with Crippen LogP contribution in [0.1, 0.15) is 42.0 Å². The number of nitrogens with zero attached hydrogens (tertiary/aromatic N) is 4. The van der Waals surface area contributed by atoms with Crippen LogP contribution in [0, 0.1) is 5.92 Å². The Kier molecular flexibility index (Phi) is 5.80. The maximum absolute atomic E-state index is 13.4. The van der Waals surface area contributed by atoms with Gasteiger partial charge in [0.15, 0.2) is 0 Å². The molecule has 0 radical (unpaired) electrons. The molecule has 2 fully saturated rings. The number of carbonyl (C=O) groups excluding carboxylic acids is 1. The van der Waals surface area contributed by atoms with E-state index in [9.17, 15) is 4.79 Å². The summed E-state index contributed by atoms with van der Waals surface area (Å²) in [6.45, 7) is 6.78. The van der Waals surface area contributed by atoms with E-state index in [2.05, 4.69) is 27.1 Å². The summed E-state index contributed by atoms with van der Waals surface area (Å²) in [4.78, 5) is 26.8. The van der Waals surface area contributed by atoms with Crippen LogP contribution >= 0.6 is 23.2 Å². The second-order valence-electron chi connectivity index (χ2n) is 8.85. The maximum Gasteiger partial charge on any atom is 0.227 e. The van der Waals surface area contributed by atoms with E-state index in [1.165, 1.54) is 11.3 Å². The summed E-state index contributed by atoms with van der Waals surface area (Å²) in [5, 5.41) is 4.47. The first kappa shape index (κ1) is 21.0. The molecule has 2 saturated heterocycles. The molecule has 1 N–H and O–H groups in total. The molecule has 1 amide bonds. The normalized spacial score (nSPS) is 25.7. The number of amides is 1. The lowest BCUT2D eigenvalue weighted by Crippen LogP contribution is -2.51. The Morgan fingerprint density at radius 3 is 2.68 bits per heavy atom. The van der Waals surface area contributed by atoms with Crippen molar-refractivity contribution in [2.75, 3.05) is 44.2 Å². The van der Waals surface area contributed by atoms with Crippen LogP contribution in [0.25, 0.3) is 0 Å². The van der Waals surface area contributed by atoms with Crippen molar-refractivity contribution < 1.29 is 4.79 Å². The number of aryl methyl sites for hydroxylation is 1. The minimum Gasteiger partial charge on any atom is -0.353 e.